The number of hydrogen-bond acceptors (Lipinski definition) is 6. The Balaban J connectivity index is 1.52. The lowest BCUT2D eigenvalue weighted by atomic mass is 10.2. The van der Waals surface area contributed by atoms with Gasteiger partial charge < -0.3 is 15.4 Å². The Hall–Kier alpha value is -3.00. The molecule has 3 N–H and O–H groups in total. The van der Waals surface area contributed by atoms with Gasteiger partial charge in [0, 0.05) is 12.1 Å². The van der Waals surface area contributed by atoms with Crippen LogP contribution in [-0.4, -0.2) is 29.3 Å². The molecule has 0 bridgehead atoms. The number of amides is 2. The SMILES string of the molecule is COc1ccc(NC(=O)C[C@@H]2SC(=NNc3ccccc3)NC2=O)cc1. The van der Waals surface area contributed by atoms with Gasteiger partial charge in [-0.25, -0.2) is 0 Å². The van der Waals surface area contributed by atoms with Crippen LogP contribution in [0, 0.1) is 0 Å². The highest BCUT2D eigenvalue weighted by Gasteiger charge is 2.32. The van der Waals surface area contributed by atoms with Gasteiger partial charge in [-0.3, -0.25) is 15.0 Å². The predicted octanol–water partition coefficient (Wildman–Crippen LogP) is 2.64. The Morgan fingerprint density at radius 3 is 2.58 bits per heavy atom. The van der Waals surface area contributed by atoms with Crippen molar-refractivity contribution in [2.24, 2.45) is 5.10 Å². The van der Waals surface area contributed by atoms with Gasteiger partial charge in [0.15, 0.2) is 5.17 Å². The van der Waals surface area contributed by atoms with Crippen molar-refractivity contribution in [3.8, 4) is 5.75 Å². The van der Waals surface area contributed by atoms with E-state index in [2.05, 4.69) is 21.2 Å². The number of methoxy groups -OCH3 is 1. The number of para-hydroxylation sites is 1. The van der Waals surface area contributed by atoms with Crippen LogP contribution in [-0.2, 0) is 9.59 Å². The van der Waals surface area contributed by atoms with Gasteiger partial charge in [-0.2, -0.15) is 0 Å². The number of carbonyl (C=O) groups excluding carboxylic acids is 2. The standard InChI is InChI=1S/C18H18N4O3S/c1-25-14-9-7-12(8-10-14)19-16(23)11-15-17(24)20-18(26-15)22-21-13-5-3-2-4-6-13/h2-10,15,21H,11H2,1H3,(H,19,23)(H,20,22,24)/t15-/m0/s1. The highest BCUT2D eigenvalue weighted by molar-refractivity contribution is 8.15. The van der Waals surface area contributed by atoms with Crippen molar-refractivity contribution >= 4 is 40.1 Å². The van der Waals surface area contributed by atoms with Crippen molar-refractivity contribution < 1.29 is 14.3 Å². The summed E-state index contributed by atoms with van der Waals surface area (Å²) in [6, 6.07) is 16.4. The summed E-state index contributed by atoms with van der Waals surface area (Å²) >= 11 is 1.23. The number of amidine groups is 1. The van der Waals surface area contributed by atoms with E-state index >= 15 is 0 Å². The molecular formula is C18H18N4O3S. The normalized spacial score (nSPS) is 17.7. The molecule has 7 nitrogen and oxygen atoms in total. The average molecular weight is 370 g/mol. The maximum atomic E-state index is 12.2. The number of hydrogen-bond donors (Lipinski definition) is 3. The summed E-state index contributed by atoms with van der Waals surface area (Å²) in [6.45, 7) is 0. The zero-order valence-corrected chi connectivity index (χ0v) is 14.9. The largest absolute Gasteiger partial charge is 0.497 e. The van der Waals surface area contributed by atoms with Gasteiger partial charge in [0.1, 0.15) is 11.0 Å². The van der Waals surface area contributed by atoms with Crippen LogP contribution in [0.4, 0.5) is 11.4 Å². The lowest BCUT2D eigenvalue weighted by Gasteiger charge is -2.08. The molecule has 2 aromatic rings. The molecule has 1 saturated heterocycles. The Morgan fingerprint density at radius 1 is 1.15 bits per heavy atom. The smallest absolute Gasteiger partial charge is 0.240 e. The summed E-state index contributed by atoms with van der Waals surface area (Å²) in [5.74, 6) is 0.245. The molecule has 2 amide bonds. The molecule has 1 atom stereocenters. The first kappa shape index (κ1) is 17.8. The summed E-state index contributed by atoms with van der Waals surface area (Å²) in [5, 5.41) is 9.54. The summed E-state index contributed by atoms with van der Waals surface area (Å²) in [7, 11) is 1.58. The predicted molar refractivity (Wildman–Crippen MR) is 103 cm³/mol. The highest BCUT2D eigenvalue weighted by atomic mass is 32.2. The van der Waals surface area contributed by atoms with Gasteiger partial charge in [0.25, 0.3) is 0 Å². The van der Waals surface area contributed by atoms with E-state index in [9.17, 15) is 9.59 Å². The number of nitrogens with zero attached hydrogens (tertiary/aromatic N) is 1. The summed E-state index contributed by atoms with van der Waals surface area (Å²) in [5.41, 5.74) is 4.34. The van der Waals surface area contributed by atoms with Crippen molar-refractivity contribution in [3.05, 3.63) is 54.6 Å². The first-order chi connectivity index (χ1) is 12.6. The van der Waals surface area contributed by atoms with Crippen LogP contribution in [0.2, 0.25) is 0 Å². The number of rotatable bonds is 6. The second-order valence-corrected chi connectivity index (χ2v) is 6.66. The van der Waals surface area contributed by atoms with Crippen molar-refractivity contribution in [1.82, 2.24) is 5.32 Å². The summed E-state index contributed by atoms with van der Waals surface area (Å²) in [4.78, 5) is 24.2. The van der Waals surface area contributed by atoms with E-state index < -0.39 is 5.25 Å². The quantitative estimate of drug-likeness (QED) is 0.680. The second kappa shape index (κ2) is 8.39. The molecule has 3 rings (SSSR count). The molecule has 0 unspecified atom stereocenters. The summed E-state index contributed by atoms with van der Waals surface area (Å²) < 4.78 is 5.07. The van der Waals surface area contributed by atoms with E-state index in [0.717, 1.165) is 5.69 Å². The van der Waals surface area contributed by atoms with Gasteiger partial charge >= 0.3 is 0 Å². The zero-order chi connectivity index (χ0) is 18.4. The van der Waals surface area contributed by atoms with E-state index in [-0.39, 0.29) is 18.2 Å². The Kier molecular flexibility index (Phi) is 5.75. The van der Waals surface area contributed by atoms with Crippen molar-refractivity contribution in [3.63, 3.8) is 0 Å². The van der Waals surface area contributed by atoms with Gasteiger partial charge in [-0.05, 0) is 36.4 Å². The Labute approximate surface area is 155 Å². The fraction of sp³-hybridized carbons (Fsp3) is 0.167. The molecule has 1 fully saturated rings. The van der Waals surface area contributed by atoms with Crippen LogP contribution in [0.15, 0.2) is 59.7 Å². The molecule has 1 heterocycles. The molecule has 134 valence electrons. The van der Waals surface area contributed by atoms with Gasteiger partial charge in [-0.1, -0.05) is 30.0 Å². The summed E-state index contributed by atoms with van der Waals surface area (Å²) in [6.07, 6.45) is 0.0624. The minimum Gasteiger partial charge on any atom is -0.497 e. The monoisotopic (exact) mass is 370 g/mol. The maximum absolute atomic E-state index is 12.2. The van der Waals surface area contributed by atoms with Gasteiger partial charge in [0.2, 0.25) is 11.8 Å². The fourth-order valence-corrected chi connectivity index (χ4v) is 3.20. The molecule has 1 aliphatic rings. The van der Waals surface area contributed by atoms with Crippen molar-refractivity contribution in [2.45, 2.75) is 11.7 Å². The molecule has 2 aromatic carbocycles. The highest BCUT2D eigenvalue weighted by Crippen LogP contribution is 2.23. The molecule has 26 heavy (non-hydrogen) atoms. The maximum Gasteiger partial charge on any atom is 0.240 e. The van der Waals surface area contributed by atoms with Crippen LogP contribution in [0.3, 0.4) is 0 Å². The van der Waals surface area contributed by atoms with E-state index in [0.29, 0.717) is 16.6 Å². The second-order valence-electron chi connectivity index (χ2n) is 5.47. The van der Waals surface area contributed by atoms with Crippen LogP contribution in [0.5, 0.6) is 5.75 Å². The number of hydrazone groups is 1. The number of thioether (sulfide) groups is 1. The third kappa shape index (κ3) is 4.76. The number of nitrogens with one attached hydrogen (secondary N) is 3. The first-order valence-corrected chi connectivity index (χ1v) is 8.82. The zero-order valence-electron chi connectivity index (χ0n) is 14.1. The van der Waals surface area contributed by atoms with E-state index in [1.54, 1.807) is 31.4 Å². The van der Waals surface area contributed by atoms with Crippen molar-refractivity contribution in [2.75, 3.05) is 17.9 Å². The van der Waals surface area contributed by atoms with Crippen LogP contribution < -0.4 is 20.8 Å². The number of benzene rings is 2. The van der Waals surface area contributed by atoms with Gasteiger partial charge in [-0.15, -0.1) is 5.10 Å². The van der Waals surface area contributed by atoms with Crippen LogP contribution in [0.25, 0.3) is 0 Å². The number of carbonyl (C=O) groups is 2. The minimum atomic E-state index is -0.510. The van der Waals surface area contributed by atoms with E-state index in [1.165, 1.54) is 11.8 Å². The molecule has 1 aliphatic heterocycles. The molecule has 0 radical (unpaired) electrons. The molecule has 0 spiro atoms. The molecule has 0 aromatic heterocycles. The lowest BCUT2D eigenvalue weighted by Crippen LogP contribution is -2.28. The fourth-order valence-electron chi connectivity index (χ4n) is 2.28. The molecular weight excluding hydrogens is 352 g/mol. The molecule has 0 aliphatic carbocycles. The van der Waals surface area contributed by atoms with Crippen molar-refractivity contribution in [1.29, 1.82) is 0 Å². The molecule has 0 saturated carbocycles. The third-order valence-electron chi connectivity index (χ3n) is 3.58. The van der Waals surface area contributed by atoms with Crippen LogP contribution >= 0.6 is 11.8 Å². The average Bonchev–Trinajstić information content (AvgIpc) is 3.01. The van der Waals surface area contributed by atoms with Crippen LogP contribution in [0.1, 0.15) is 6.42 Å². The van der Waals surface area contributed by atoms with E-state index in [4.69, 9.17) is 4.74 Å². The third-order valence-corrected chi connectivity index (χ3v) is 4.66. The Morgan fingerprint density at radius 2 is 1.88 bits per heavy atom. The Bertz CT molecular complexity index is 809. The topological polar surface area (TPSA) is 91.8 Å². The van der Waals surface area contributed by atoms with E-state index in [1.807, 2.05) is 30.3 Å². The molecule has 8 heteroatoms. The number of ether oxygens (including phenoxy) is 1. The number of anilines is 2. The first-order valence-electron chi connectivity index (χ1n) is 7.94. The minimum absolute atomic E-state index is 0.0624. The lowest BCUT2D eigenvalue weighted by molar-refractivity contribution is -0.122. The van der Waals surface area contributed by atoms with Gasteiger partial charge in [0.05, 0.1) is 12.8 Å².